The van der Waals surface area contributed by atoms with E-state index in [2.05, 4.69) is 19.6 Å². The molecule has 80 valence electrons. The lowest BCUT2D eigenvalue weighted by Gasteiger charge is -2.29. The Labute approximate surface area is 84.0 Å². The van der Waals surface area contributed by atoms with Crippen LogP contribution in [0.2, 0.25) is 19.6 Å². The SMILES string of the molecule is C[Si](C)(C)P(CCCO)CCCO. The molecule has 0 aromatic rings. The summed E-state index contributed by atoms with van der Waals surface area (Å²) in [6, 6.07) is 0. The van der Waals surface area contributed by atoms with E-state index in [9.17, 15) is 0 Å². The van der Waals surface area contributed by atoms with Crippen LogP contribution in [0.3, 0.4) is 0 Å². The maximum absolute atomic E-state index is 8.78. The van der Waals surface area contributed by atoms with Crippen LogP contribution in [0.15, 0.2) is 0 Å². The molecule has 0 bridgehead atoms. The van der Waals surface area contributed by atoms with Crippen molar-refractivity contribution >= 4 is 15.2 Å². The zero-order chi connectivity index (χ0) is 10.3. The first kappa shape index (κ1) is 13.6. The summed E-state index contributed by atoms with van der Waals surface area (Å²) in [7, 11) is -0.913. The predicted molar refractivity (Wildman–Crippen MR) is 63.4 cm³/mol. The van der Waals surface area contributed by atoms with Gasteiger partial charge in [0.2, 0.25) is 0 Å². The second kappa shape index (κ2) is 6.94. The second-order valence-corrected chi connectivity index (χ2v) is 16.6. The Morgan fingerprint density at radius 2 is 1.31 bits per heavy atom. The molecule has 2 N–H and O–H groups in total. The van der Waals surface area contributed by atoms with Gasteiger partial charge in [-0.1, -0.05) is 19.6 Å². The highest BCUT2D eigenvalue weighted by atomic mass is 31.4. The lowest BCUT2D eigenvalue weighted by molar-refractivity contribution is 0.294. The van der Waals surface area contributed by atoms with Crippen LogP contribution in [0.25, 0.3) is 0 Å². The van der Waals surface area contributed by atoms with E-state index in [-0.39, 0.29) is 7.47 Å². The minimum absolute atomic E-state index is 0.105. The van der Waals surface area contributed by atoms with Crippen LogP contribution < -0.4 is 0 Å². The standard InChI is InChI=1S/C9H23O2PSi/c1-13(2,3)12(8-4-6-10)9-5-7-11/h10-11H,4-9H2,1-3H3. The summed E-state index contributed by atoms with van der Waals surface area (Å²) in [5.74, 6) is 0. The Balaban J connectivity index is 3.88. The van der Waals surface area contributed by atoms with Gasteiger partial charge in [-0.15, -0.1) is 7.47 Å². The van der Waals surface area contributed by atoms with Crippen molar-refractivity contribution in [2.24, 2.45) is 0 Å². The van der Waals surface area contributed by atoms with E-state index in [1.165, 1.54) is 12.3 Å². The van der Waals surface area contributed by atoms with Crippen LogP contribution in [0.5, 0.6) is 0 Å². The molecule has 0 aromatic carbocycles. The average molecular weight is 222 g/mol. The van der Waals surface area contributed by atoms with Gasteiger partial charge >= 0.3 is 0 Å². The summed E-state index contributed by atoms with van der Waals surface area (Å²) in [6.45, 7) is 7.83. The molecule has 13 heavy (non-hydrogen) atoms. The molecule has 0 atom stereocenters. The molecule has 2 nitrogen and oxygen atoms in total. The predicted octanol–water partition coefficient (Wildman–Crippen LogP) is 2.07. The van der Waals surface area contributed by atoms with Gasteiger partial charge in [0.15, 0.2) is 0 Å². The monoisotopic (exact) mass is 222 g/mol. The van der Waals surface area contributed by atoms with Gasteiger partial charge in [-0.25, -0.2) is 0 Å². The van der Waals surface area contributed by atoms with Crippen LogP contribution in [-0.4, -0.2) is 43.5 Å². The van der Waals surface area contributed by atoms with Crippen molar-refractivity contribution in [2.45, 2.75) is 32.5 Å². The van der Waals surface area contributed by atoms with E-state index >= 15 is 0 Å². The molecule has 0 unspecified atom stereocenters. The van der Waals surface area contributed by atoms with Gasteiger partial charge in [-0.3, -0.25) is 0 Å². The van der Waals surface area contributed by atoms with E-state index in [0.29, 0.717) is 13.2 Å². The Kier molecular flexibility index (Phi) is 7.24. The fourth-order valence-electron chi connectivity index (χ4n) is 1.31. The summed E-state index contributed by atoms with van der Waals surface area (Å²) in [4.78, 5) is 0. The van der Waals surface area contributed by atoms with Crippen LogP contribution >= 0.6 is 7.47 Å². The molecule has 0 aliphatic heterocycles. The zero-order valence-electron chi connectivity index (χ0n) is 9.08. The highest BCUT2D eigenvalue weighted by Gasteiger charge is 2.24. The quantitative estimate of drug-likeness (QED) is 0.511. The van der Waals surface area contributed by atoms with Gasteiger partial charge in [0, 0.05) is 13.2 Å². The van der Waals surface area contributed by atoms with Gasteiger partial charge < -0.3 is 10.2 Å². The van der Waals surface area contributed by atoms with Gasteiger partial charge in [0.1, 0.15) is 0 Å². The van der Waals surface area contributed by atoms with Crippen LogP contribution in [0.4, 0.5) is 0 Å². The topological polar surface area (TPSA) is 40.5 Å². The number of hydrogen-bond donors (Lipinski definition) is 2. The van der Waals surface area contributed by atoms with Crippen molar-refractivity contribution in [1.29, 1.82) is 0 Å². The first-order chi connectivity index (χ1) is 6.02. The molecule has 0 spiro atoms. The van der Waals surface area contributed by atoms with E-state index < -0.39 is 7.74 Å². The van der Waals surface area contributed by atoms with Gasteiger partial charge in [0.25, 0.3) is 0 Å². The molecule has 0 rings (SSSR count). The third-order valence-corrected chi connectivity index (χ3v) is 12.8. The van der Waals surface area contributed by atoms with Gasteiger partial charge in [-0.05, 0) is 25.2 Å². The maximum atomic E-state index is 8.78. The summed E-state index contributed by atoms with van der Waals surface area (Å²) in [6.07, 6.45) is 4.28. The Bertz CT molecular complexity index is 117. The third-order valence-electron chi connectivity index (χ3n) is 2.12. The summed E-state index contributed by atoms with van der Waals surface area (Å²) >= 11 is 0. The Morgan fingerprint density at radius 1 is 0.923 bits per heavy atom. The Morgan fingerprint density at radius 3 is 1.54 bits per heavy atom. The van der Waals surface area contributed by atoms with Crippen molar-refractivity contribution in [3.63, 3.8) is 0 Å². The van der Waals surface area contributed by atoms with E-state index in [4.69, 9.17) is 10.2 Å². The first-order valence-electron chi connectivity index (χ1n) is 4.99. The molecule has 0 saturated heterocycles. The smallest absolute Gasteiger partial charge is 0.0720 e. The van der Waals surface area contributed by atoms with E-state index in [1.807, 2.05) is 0 Å². The highest BCUT2D eigenvalue weighted by Crippen LogP contribution is 2.47. The lowest BCUT2D eigenvalue weighted by Crippen LogP contribution is -2.21. The molecule has 0 aliphatic rings. The minimum Gasteiger partial charge on any atom is -0.396 e. The summed E-state index contributed by atoms with van der Waals surface area (Å²) < 4.78 is 0. The molecule has 0 aromatic heterocycles. The molecule has 0 radical (unpaired) electrons. The molecule has 4 heteroatoms. The molecule has 0 saturated carbocycles. The normalized spacial score (nSPS) is 12.5. The second-order valence-electron chi connectivity index (χ2n) is 4.31. The number of aliphatic hydroxyl groups is 2. The molecule has 0 aliphatic carbocycles. The van der Waals surface area contributed by atoms with Crippen LogP contribution in [0, 0.1) is 0 Å². The molecule has 0 amide bonds. The molecular weight excluding hydrogens is 199 g/mol. The van der Waals surface area contributed by atoms with Crippen molar-refractivity contribution in [3.05, 3.63) is 0 Å². The fourth-order valence-corrected chi connectivity index (χ4v) is 8.89. The molecule has 0 heterocycles. The van der Waals surface area contributed by atoms with Crippen molar-refractivity contribution in [2.75, 3.05) is 25.5 Å². The fraction of sp³-hybridized carbons (Fsp3) is 1.00. The molecular formula is C9H23O2PSi. The maximum Gasteiger partial charge on any atom is 0.0720 e. The van der Waals surface area contributed by atoms with E-state index in [1.54, 1.807) is 0 Å². The van der Waals surface area contributed by atoms with Gasteiger partial charge in [0.05, 0.1) is 7.74 Å². The summed E-state index contributed by atoms with van der Waals surface area (Å²) in [5.41, 5.74) is 0. The average Bonchev–Trinajstić information content (AvgIpc) is 2.02. The van der Waals surface area contributed by atoms with Crippen LogP contribution in [-0.2, 0) is 0 Å². The number of rotatable bonds is 7. The zero-order valence-corrected chi connectivity index (χ0v) is 11.0. The largest absolute Gasteiger partial charge is 0.396 e. The van der Waals surface area contributed by atoms with E-state index in [0.717, 1.165) is 12.8 Å². The van der Waals surface area contributed by atoms with Crippen LogP contribution in [0.1, 0.15) is 12.8 Å². The van der Waals surface area contributed by atoms with Crippen molar-refractivity contribution in [3.8, 4) is 0 Å². The lowest BCUT2D eigenvalue weighted by atomic mass is 10.5. The minimum atomic E-state index is -1.02. The Hall–Kier alpha value is 0.567. The highest BCUT2D eigenvalue weighted by molar-refractivity contribution is 7.94. The third kappa shape index (κ3) is 6.61. The number of aliphatic hydroxyl groups excluding tert-OH is 2. The summed E-state index contributed by atoms with van der Waals surface area (Å²) in [5, 5.41) is 17.6. The van der Waals surface area contributed by atoms with Gasteiger partial charge in [-0.2, -0.15) is 0 Å². The van der Waals surface area contributed by atoms with Crippen molar-refractivity contribution < 1.29 is 10.2 Å². The molecule has 0 fully saturated rings. The number of hydrogen-bond acceptors (Lipinski definition) is 2. The van der Waals surface area contributed by atoms with Crippen molar-refractivity contribution in [1.82, 2.24) is 0 Å². The first-order valence-corrected chi connectivity index (χ1v) is 11.0.